The number of halogens is 2. The van der Waals surface area contributed by atoms with Crippen LogP contribution in [0, 0.1) is 18.6 Å². The fraction of sp³-hybridized carbons (Fsp3) is 0.250. The van der Waals surface area contributed by atoms with Gasteiger partial charge in [-0.1, -0.05) is 12.1 Å². The number of ether oxygens (including phenoxy) is 1. The van der Waals surface area contributed by atoms with Gasteiger partial charge < -0.3 is 15.2 Å². The number of benzene rings is 2. The molecule has 0 atom stereocenters. The quantitative estimate of drug-likeness (QED) is 0.889. The van der Waals surface area contributed by atoms with Crippen molar-refractivity contribution < 1.29 is 18.6 Å². The lowest BCUT2D eigenvalue weighted by Gasteiger charge is -2.09. The molecular weight excluding hydrogens is 276 g/mol. The number of aromatic hydroxyl groups is 1. The summed E-state index contributed by atoms with van der Waals surface area (Å²) in [7, 11) is 1.61. The normalized spacial score (nSPS) is 10.7. The Morgan fingerprint density at radius 1 is 1.05 bits per heavy atom. The summed E-state index contributed by atoms with van der Waals surface area (Å²) in [6.07, 6.45) is 0. The van der Waals surface area contributed by atoms with Crippen molar-refractivity contribution in [3.63, 3.8) is 0 Å². The molecular formula is C16H17F2NO2. The summed E-state index contributed by atoms with van der Waals surface area (Å²) >= 11 is 0. The van der Waals surface area contributed by atoms with E-state index in [1.165, 1.54) is 0 Å². The first-order valence-electron chi connectivity index (χ1n) is 6.52. The van der Waals surface area contributed by atoms with Gasteiger partial charge in [0.1, 0.15) is 5.75 Å². The van der Waals surface area contributed by atoms with Gasteiger partial charge in [0.25, 0.3) is 0 Å². The zero-order chi connectivity index (χ0) is 15.4. The second-order valence-corrected chi connectivity index (χ2v) is 4.82. The molecule has 0 spiro atoms. The molecule has 0 fully saturated rings. The summed E-state index contributed by atoms with van der Waals surface area (Å²) in [5.74, 6) is -2.05. The van der Waals surface area contributed by atoms with Gasteiger partial charge in [0, 0.05) is 13.1 Å². The first kappa shape index (κ1) is 15.3. The summed E-state index contributed by atoms with van der Waals surface area (Å²) in [5, 5.41) is 12.1. The molecule has 0 unspecified atom stereocenters. The fourth-order valence-corrected chi connectivity index (χ4v) is 2.05. The highest BCUT2D eigenvalue weighted by Gasteiger charge is 2.09. The van der Waals surface area contributed by atoms with Gasteiger partial charge in [-0.2, -0.15) is 0 Å². The fourth-order valence-electron chi connectivity index (χ4n) is 2.05. The smallest absolute Gasteiger partial charge is 0.187 e. The van der Waals surface area contributed by atoms with Crippen LogP contribution in [0.25, 0.3) is 0 Å². The molecule has 5 heteroatoms. The van der Waals surface area contributed by atoms with E-state index in [9.17, 15) is 8.78 Å². The lowest BCUT2D eigenvalue weighted by molar-refractivity contribution is 0.395. The molecule has 112 valence electrons. The number of hydrogen-bond donors (Lipinski definition) is 2. The van der Waals surface area contributed by atoms with Crippen molar-refractivity contribution in [3.05, 3.63) is 58.7 Å². The van der Waals surface area contributed by atoms with Gasteiger partial charge in [0.15, 0.2) is 17.4 Å². The first-order chi connectivity index (χ1) is 10.0. The molecule has 0 saturated heterocycles. The van der Waals surface area contributed by atoms with Gasteiger partial charge in [-0.3, -0.25) is 0 Å². The highest BCUT2D eigenvalue weighted by atomic mass is 19.1. The van der Waals surface area contributed by atoms with Crippen LogP contribution in [0.15, 0.2) is 30.3 Å². The van der Waals surface area contributed by atoms with Crippen LogP contribution in [0.5, 0.6) is 11.5 Å². The summed E-state index contributed by atoms with van der Waals surface area (Å²) in [6.45, 7) is 2.79. The molecule has 2 N–H and O–H groups in total. The van der Waals surface area contributed by atoms with Crippen LogP contribution in [0.4, 0.5) is 8.78 Å². The van der Waals surface area contributed by atoms with Crippen LogP contribution in [0.2, 0.25) is 0 Å². The number of phenolic OH excluding ortho intramolecular Hbond substituents is 1. The third-order valence-electron chi connectivity index (χ3n) is 3.21. The molecule has 2 aromatic carbocycles. The maximum atomic E-state index is 13.2. The molecule has 0 radical (unpaired) electrons. The zero-order valence-corrected chi connectivity index (χ0v) is 11.9. The summed E-state index contributed by atoms with van der Waals surface area (Å²) in [4.78, 5) is 0. The molecule has 0 bridgehead atoms. The van der Waals surface area contributed by atoms with E-state index in [1.807, 2.05) is 25.1 Å². The van der Waals surface area contributed by atoms with E-state index < -0.39 is 17.4 Å². The second kappa shape index (κ2) is 6.54. The maximum Gasteiger partial charge on any atom is 0.187 e. The summed E-state index contributed by atoms with van der Waals surface area (Å²) in [6, 6.07) is 8.06. The lowest BCUT2D eigenvalue weighted by atomic mass is 10.1. The van der Waals surface area contributed by atoms with E-state index in [4.69, 9.17) is 9.84 Å². The maximum absolute atomic E-state index is 13.2. The number of phenols is 1. The standard InChI is InChI=1S/C16H17F2NO2/c1-10-3-4-11(7-15(10)21-2)8-19-9-12-5-13(17)16(20)14(18)6-12/h3-7,19-20H,8-9H2,1-2H3. The van der Waals surface area contributed by atoms with E-state index in [2.05, 4.69) is 5.32 Å². The van der Waals surface area contributed by atoms with Gasteiger partial charge in [-0.15, -0.1) is 0 Å². The Hall–Kier alpha value is -2.14. The van der Waals surface area contributed by atoms with Gasteiger partial charge in [0.05, 0.1) is 7.11 Å². The first-order valence-corrected chi connectivity index (χ1v) is 6.52. The predicted molar refractivity (Wildman–Crippen MR) is 76.3 cm³/mol. The minimum Gasteiger partial charge on any atom is -0.503 e. The van der Waals surface area contributed by atoms with Gasteiger partial charge in [-0.25, -0.2) is 8.78 Å². The molecule has 2 rings (SSSR count). The summed E-state index contributed by atoms with van der Waals surface area (Å²) in [5.41, 5.74) is 2.49. The van der Waals surface area contributed by atoms with E-state index in [1.54, 1.807) is 7.11 Å². The Balaban J connectivity index is 1.98. The SMILES string of the molecule is COc1cc(CNCc2cc(F)c(O)c(F)c2)ccc1C. The average molecular weight is 293 g/mol. The van der Waals surface area contributed by atoms with Crippen molar-refractivity contribution in [2.75, 3.05) is 7.11 Å². The third-order valence-corrected chi connectivity index (χ3v) is 3.21. The van der Waals surface area contributed by atoms with Crippen LogP contribution in [0.3, 0.4) is 0 Å². The highest BCUT2D eigenvalue weighted by Crippen LogP contribution is 2.22. The minimum absolute atomic E-state index is 0.296. The molecule has 0 aliphatic rings. The van der Waals surface area contributed by atoms with Crippen LogP contribution >= 0.6 is 0 Å². The number of nitrogens with one attached hydrogen (secondary N) is 1. The molecule has 2 aromatic rings. The molecule has 0 aliphatic heterocycles. The molecule has 0 heterocycles. The van der Waals surface area contributed by atoms with E-state index in [0.717, 1.165) is 29.0 Å². The van der Waals surface area contributed by atoms with Crippen molar-refractivity contribution in [2.24, 2.45) is 0 Å². The molecule has 3 nitrogen and oxygen atoms in total. The Morgan fingerprint density at radius 2 is 1.67 bits per heavy atom. The van der Waals surface area contributed by atoms with Crippen LogP contribution in [-0.2, 0) is 13.1 Å². The van der Waals surface area contributed by atoms with Crippen molar-refractivity contribution >= 4 is 0 Å². The van der Waals surface area contributed by atoms with Crippen LogP contribution in [0.1, 0.15) is 16.7 Å². The average Bonchev–Trinajstić information content (AvgIpc) is 2.46. The van der Waals surface area contributed by atoms with E-state index >= 15 is 0 Å². The number of methoxy groups -OCH3 is 1. The Morgan fingerprint density at radius 3 is 2.29 bits per heavy atom. The van der Waals surface area contributed by atoms with Gasteiger partial charge in [-0.05, 0) is 41.8 Å². The predicted octanol–water partition coefficient (Wildman–Crippen LogP) is 3.28. The van der Waals surface area contributed by atoms with Crippen molar-refractivity contribution in [1.29, 1.82) is 0 Å². The molecule has 0 aliphatic carbocycles. The van der Waals surface area contributed by atoms with Crippen LogP contribution in [-0.4, -0.2) is 12.2 Å². The lowest BCUT2D eigenvalue weighted by Crippen LogP contribution is -2.13. The number of rotatable bonds is 5. The molecule has 0 saturated carbocycles. The topological polar surface area (TPSA) is 41.5 Å². The zero-order valence-electron chi connectivity index (χ0n) is 11.9. The molecule has 0 aromatic heterocycles. The third kappa shape index (κ3) is 3.70. The monoisotopic (exact) mass is 293 g/mol. The minimum atomic E-state index is -0.955. The van der Waals surface area contributed by atoms with Crippen molar-refractivity contribution in [3.8, 4) is 11.5 Å². The van der Waals surface area contributed by atoms with Crippen molar-refractivity contribution in [1.82, 2.24) is 5.32 Å². The Bertz CT molecular complexity index is 621. The number of aryl methyl sites for hydroxylation is 1. The second-order valence-electron chi connectivity index (χ2n) is 4.82. The molecule has 0 amide bonds. The van der Waals surface area contributed by atoms with E-state index in [0.29, 0.717) is 18.7 Å². The Kier molecular flexibility index (Phi) is 4.75. The number of hydrogen-bond acceptors (Lipinski definition) is 3. The van der Waals surface area contributed by atoms with Crippen molar-refractivity contribution in [2.45, 2.75) is 20.0 Å². The summed E-state index contributed by atoms with van der Waals surface area (Å²) < 4.78 is 31.6. The van der Waals surface area contributed by atoms with Gasteiger partial charge in [0.2, 0.25) is 0 Å². The molecule has 21 heavy (non-hydrogen) atoms. The highest BCUT2D eigenvalue weighted by molar-refractivity contribution is 5.36. The Labute approximate surface area is 122 Å². The van der Waals surface area contributed by atoms with Gasteiger partial charge >= 0.3 is 0 Å². The largest absolute Gasteiger partial charge is 0.503 e. The van der Waals surface area contributed by atoms with E-state index in [-0.39, 0.29) is 0 Å². The van der Waals surface area contributed by atoms with Crippen LogP contribution < -0.4 is 10.1 Å².